The van der Waals surface area contributed by atoms with Crippen LogP contribution in [0.1, 0.15) is 5.01 Å². The third kappa shape index (κ3) is 4.09. The van der Waals surface area contributed by atoms with Gasteiger partial charge in [-0.15, -0.1) is 23.1 Å². The summed E-state index contributed by atoms with van der Waals surface area (Å²) >= 11 is 2.77. The molecule has 0 bridgehead atoms. The Morgan fingerprint density at radius 2 is 1.96 bits per heavy atom. The molecular weight excluding hydrogens is 348 g/mol. The number of thiazole rings is 1. The number of nitro groups is 1. The SMILES string of the molecule is O=C(CSc1ccc([N+](=O)[O-])cc1)OCc1nc2ccccc2s1. The molecule has 1 heterocycles. The molecule has 0 aliphatic carbocycles. The van der Waals surface area contributed by atoms with E-state index in [1.807, 2.05) is 24.3 Å². The fraction of sp³-hybridized carbons (Fsp3) is 0.125. The average Bonchev–Trinajstić information content (AvgIpc) is 3.01. The number of aromatic nitrogens is 1. The Balaban J connectivity index is 1.49. The molecular formula is C16H12N2O4S2. The van der Waals surface area contributed by atoms with Gasteiger partial charge < -0.3 is 4.74 Å². The summed E-state index contributed by atoms with van der Waals surface area (Å²) in [5, 5.41) is 11.3. The van der Waals surface area contributed by atoms with Gasteiger partial charge in [0.2, 0.25) is 0 Å². The maximum atomic E-state index is 11.8. The first-order chi connectivity index (χ1) is 11.6. The highest BCUT2D eigenvalue weighted by Gasteiger charge is 2.09. The van der Waals surface area contributed by atoms with Crippen LogP contribution in [-0.4, -0.2) is 21.6 Å². The van der Waals surface area contributed by atoms with Crippen molar-refractivity contribution in [1.29, 1.82) is 0 Å². The second-order valence-electron chi connectivity index (χ2n) is 4.78. The van der Waals surface area contributed by atoms with Crippen LogP contribution in [0.5, 0.6) is 0 Å². The summed E-state index contributed by atoms with van der Waals surface area (Å²) in [7, 11) is 0. The molecule has 0 aliphatic rings. The smallest absolute Gasteiger partial charge is 0.316 e. The zero-order valence-electron chi connectivity index (χ0n) is 12.4. The summed E-state index contributed by atoms with van der Waals surface area (Å²) in [4.78, 5) is 27.1. The number of ether oxygens (including phenoxy) is 1. The van der Waals surface area contributed by atoms with E-state index < -0.39 is 4.92 Å². The van der Waals surface area contributed by atoms with Gasteiger partial charge in [-0.25, -0.2) is 4.98 Å². The number of rotatable bonds is 6. The molecule has 3 rings (SSSR count). The Labute approximate surface area is 145 Å². The van der Waals surface area contributed by atoms with Crippen LogP contribution < -0.4 is 0 Å². The van der Waals surface area contributed by atoms with Crippen molar-refractivity contribution in [3.63, 3.8) is 0 Å². The Bertz CT molecular complexity index is 844. The molecule has 0 amide bonds. The fourth-order valence-corrected chi connectivity index (χ4v) is 3.55. The molecule has 8 heteroatoms. The highest BCUT2D eigenvalue weighted by molar-refractivity contribution is 8.00. The molecule has 3 aromatic rings. The number of nitrogens with zero attached hydrogens (tertiary/aromatic N) is 2. The van der Waals surface area contributed by atoms with E-state index in [0.717, 1.165) is 20.1 Å². The molecule has 0 spiro atoms. The van der Waals surface area contributed by atoms with Gasteiger partial charge in [-0.2, -0.15) is 0 Å². The van der Waals surface area contributed by atoms with Crippen molar-refractivity contribution in [2.45, 2.75) is 11.5 Å². The Morgan fingerprint density at radius 1 is 1.21 bits per heavy atom. The Morgan fingerprint density at radius 3 is 2.67 bits per heavy atom. The van der Waals surface area contributed by atoms with Crippen molar-refractivity contribution in [2.75, 3.05) is 5.75 Å². The van der Waals surface area contributed by atoms with Crippen LogP contribution in [0.2, 0.25) is 0 Å². The van der Waals surface area contributed by atoms with Crippen molar-refractivity contribution in [1.82, 2.24) is 4.98 Å². The van der Waals surface area contributed by atoms with Gasteiger partial charge in [-0.3, -0.25) is 14.9 Å². The highest BCUT2D eigenvalue weighted by Crippen LogP contribution is 2.23. The lowest BCUT2D eigenvalue weighted by molar-refractivity contribution is -0.384. The number of carbonyl (C=O) groups excluding carboxylic acids is 1. The van der Waals surface area contributed by atoms with E-state index in [1.165, 1.54) is 35.2 Å². The molecule has 24 heavy (non-hydrogen) atoms. The first-order valence-electron chi connectivity index (χ1n) is 6.99. The highest BCUT2D eigenvalue weighted by atomic mass is 32.2. The quantitative estimate of drug-likeness (QED) is 0.285. The molecule has 122 valence electrons. The lowest BCUT2D eigenvalue weighted by Crippen LogP contribution is -2.07. The third-order valence-corrected chi connectivity index (χ3v) is 5.09. The summed E-state index contributed by atoms with van der Waals surface area (Å²) in [6.45, 7) is 0.152. The number of non-ortho nitro benzene ring substituents is 1. The number of fused-ring (bicyclic) bond motifs is 1. The summed E-state index contributed by atoms with van der Waals surface area (Å²) < 4.78 is 6.28. The van der Waals surface area contributed by atoms with Gasteiger partial charge in [0.05, 0.1) is 20.9 Å². The first-order valence-corrected chi connectivity index (χ1v) is 8.79. The second kappa shape index (κ2) is 7.41. The van der Waals surface area contributed by atoms with Crippen molar-refractivity contribution < 1.29 is 14.5 Å². The van der Waals surface area contributed by atoms with Gasteiger partial charge in [0, 0.05) is 17.0 Å². The predicted molar refractivity (Wildman–Crippen MR) is 93.2 cm³/mol. The number of thioether (sulfide) groups is 1. The normalized spacial score (nSPS) is 10.7. The number of benzene rings is 2. The molecule has 0 saturated heterocycles. The van der Waals surface area contributed by atoms with E-state index in [2.05, 4.69) is 4.98 Å². The number of hydrogen-bond acceptors (Lipinski definition) is 7. The van der Waals surface area contributed by atoms with E-state index in [0.29, 0.717) is 0 Å². The van der Waals surface area contributed by atoms with Crippen LogP contribution in [-0.2, 0) is 16.1 Å². The predicted octanol–water partition coefficient (Wildman–Crippen LogP) is 4.04. The molecule has 1 aromatic heterocycles. The Hall–Kier alpha value is -2.45. The number of carbonyl (C=O) groups is 1. The number of hydrogen-bond donors (Lipinski definition) is 0. The molecule has 0 saturated carbocycles. The minimum absolute atomic E-state index is 0.0257. The molecule has 6 nitrogen and oxygen atoms in total. The molecule has 2 aromatic carbocycles. The fourth-order valence-electron chi connectivity index (χ4n) is 1.97. The van der Waals surface area contributed by atoms with Crippen LogP contribution in [0.3, 0.4) is 0 Å². The van der Waals surface area contributed by atoms with Gasteiger partial charge in [-0.05, 0) is 24.3 Å². The summed E-state index contributed by atoms with van der Waals surface area (Å²) in [6, 6.07) is 13.8. The lowest BCUT2D eigenvalue weighted by atomic mass is 10.3. The van der Waals surface area contributed by atoms with Crippen molar-refractivity contribution >= 4 is 45.0 Å². The lowest BCUT2D eigenvalue weighted by Gasteiger charge is -2.03. The van der Waals surface area contributed by atoms with Crippen LogP contribution in [0, 0.1) is 10.1 Å². The maximum absolute atomic E-state index is 11.8. The van der Waals surface area contributed by atoms with E-state index >= 15 is 0 Å². The van der Waals surface area contributed by atoms with Crippen LogP contribution in [0.15, 0.2) is 53.4 Å². The molecule has 0 atom stereocenters. The van der Waals surface area contributed by atoms with Crippen LogP contribution in [0.25, 0.3) is 10.2 Å². The van der Waals surface area contributed by atoms with Gasteiger partial charge in [0.25, 0.3) is 5.69 Å². The topological polar surface area (TPSA) is 82.3 Å². The van der Waals surface area contributed by atoms with Crippen LogP contribution in [0.4, 0.5) is 5.69 Å². The van der Waals surface area contributed by atoms with Crippen molar-refractivity contribution in [3.8, 4) is 0 Å². The molecule has 0 unspecified atom stereocenters. The van der Waals surface area contributed by atoms with Crippen LogP contribution >= 0.6 is 23.1 Å². The molecule has 0 fully saturated rings. The minimum Gasteiger partial charge on any atom is -0.458 e. The zero-order valence-corrected chi connectivity index (χ0v) is 14.0. The van der Waals surface area contributed by atoms with E-state index in [4.69, 9.17) is 4.74 Å². The summed E-state index contributed by atoms with van der Waals surface area (Å²) in [5.41, 5.74) is 0.923. The zero-order chi connectivity index (χ0) is 16.9. The molecule has 0 N–H and O–H groups in total. The number of nitro benzene ring substituents is 1. The van der Waals surface area contributed by atoms with Gasteiger partial charge >= 0.3 is 5.97 Å². The van der Waals surface area contributed by atoms with E-state index in [1.54, 1.807) is 12.1 Å². The van der Waals surface area contributed by atoms with Crippen molar-refractivity contribution in [3.05, 3.63) is 63.7 Å². The van der Waals surface area contributed by atoms with Gasteiger partial charge in [-0.1, -0.05) is 12.1 Å². The average molecular weight is 360 g/mol. The molecule has 0 aliphatic heterocycles. The van der Waals surface area contributed by atoms with Gasteiger partial charge in [0.1, 0.15) is 11.6 Å². The first kappa shape index (κ1) is 16.4. The minimum atomic E-state index is -0.458. The number of para-hydroxylation sites is 1. The van der Waals surface area contributed by atoms with Crippen molar-refractivity contribution in [2.24, 2.45) is 0 Å². The third-order valence-electron chi connectivity index (χ3n) is 3.10. The summed E-state index contributed by atoms with van der Waals surface area (Å²) in [5.74, 6) is -0.208. The molecule has 0 radical (unpaired) electrons. The standard InChI is InChI=1S/C16H12N2O4S2/c19-16(10-23-12-7-5-11(6-8-12)18(20)21)22-9-15-17-13-3-1-2-4-14(13)24-15/h1-8H,9-10H2. The van der Waals surface area contributed by atoms with E-state index in [9.17, 15) is 14.9 Å². The monoisotopic (exact) mass is 360 g/mol. The maximum Gasteiger partial charge on any atom is 0.316 e. The number of esters is 1. The Kier molecular flexibility index (Phi) is 5.07. The van der Waals surface area contributed by atoms with Gasteiger partial charge in [0.15, 0.2) is 0 Å². The van der Waals surface area contributed by atoms with E-state index in [-0.39, 0.29) is 24.0 Å². The summed E-state index contributed by atoms with van der Waals surface area (Å²) in [6.07, 6.45) is 0. The largest absolute Gasteiger partial charge is 0.458 e. The second-order valence-corrected chi connectivity index (χ2v) is 6.94.